The van der Waals surface area contributed by atoms with Gasteiger partial charge >= 0.3 is 0 Å². The Labute approximate surface area is 239 Å². The number of hydrogen-bond donors (Lipinski definition) is 2. The molecule has 11 heteroatoms. The van der Waals surface area contributed by atoms with Gasteiger partial charge in [0.25, 0.3) is 0 Å². The van der Waals surface area contributed by atoms with Crippen LogP contribution in [0.15, 0.2) is 90.3 Å². The van der Waals surface area contributed by atoms with Crippen molar-refractivity contribution in [2.75, 3.05) is 12.8 Å². The van der Waals surface area contributed by atoms with Crippen LogP contribution < -0.4 is 10.5 Å². The average Bonchev–Trinajstić information content (AvgIpc) is 3.77. The van der Waals surface area contributed by atoms with E-state index in [-0.39, 0.29) is 0 Å². The Morgan fingerprint density at radius 2 is 1.76 bits per heavy atom. The summed E-state index contributed by atoms with van der Waals surface area (Å²) in [6.07, 6.45) is 10.4. The van der Waals surface area contributed by atoms with Crippen molar-refractivity contribution in [2.24, 2.45) is 0 Å². The van der Waals surface area contributed by atoms with Gasteiger partial charge in [-0.15, -0.1) is 0 Å². The van der Waals surface area contributed by atoms with Crippen LogP contribution >= 0.6 is 0 Å². The molecule has 6 aromatic rings. The summed E-state index contributed by atoms with van der Waals surface area (Å²) in [7, 11) is 0.541. The van der Waals surface area contributed by atoms with Gasteiger partial charge in [0.15, 0.2) is 17.3 Å². The summed E-state index contributed by atoms with van der Waals surface area (Å²) in [6.45, 7) is 1.84. The van der Waals surface area contributed by atoms with Crippen LogP contribution in [0.2, 0.25) is 0 Å². The van der Waals surface area contributed by atoms with E-state index in [9.17, 15) is 4.21 Å². The summed E-state index contributed by atoms with van der Waals surface area (Å²) in [5, 5.41) is 4.32. The van der Waals surface area contributed by atoms with Crippen LogP contribution in [0, 0.1) is 6.92 Å². The topological polar surface area (TPSA) is 129 Å². The molecule has 1 unspecified atom stereocenters. The maximum atomic E-state index is 11.2. The van der Waals surface area contributed by atoms with Crippen LogP contribution in [-0.4, -0.2) is 45.5 Å². The zero-order valence-electron chi connectivity index (χ0n) is 22.7. The van der Waals surface area contributed by atoms with Crippen molar-refractivity contribution < 1.29 is 4.21 Å². The molecule has 0 amide bonds. The first kappa shape index (κ1) is 26.5. The van der Waals surface area contributed by atoms with E-state index < -0.39 is 11.0 Å². The molecule has 10 nitrogen and oxygen atoms in total. The number of nitrogens with two attached hydrogens (primary N) is 1. The smallest absolute Gasteiger partial charge is 0.167 e. The van der Waals surface area contributed by atoms with E-state index in [1.54, 1.807) is 42.5 Å². The van der Waals surface area contributed by atoms with Gasteiger partial charge in [0.05, 0.1) is 16.2 Å². The Morgan fingerprint density at radius 1 is 0.927 bits per heavy atom. The first-order chi connectivity index (χ1) is 20.0. The molecule has 1 atom stereocenters. The maximum Gasteiger partial charge on any atom is 0.167 e. The molecule has 7 rings (SSSR count). The molecule has 5 aromatic heterocycles. The Morgan fingerprint density at radius 3 is 2.54 bits per heavy atom. The number of nitrogens with one attached hydrogen (secondary N) is 1. The Hall–Kier alpha value is -4.74. The molecule has 0 spiro atoms. The molecule has 0 bridgehead atoms. The highest BCUT2D eigenvalue weighted by atomic mass is 32.2. The molecule has 3 N–H and O–H groups in total. The van der Waals surface area contributed by atoms with E-state index in [1.807, 2.05) is 43.5 Å². The lowest BCUT2D eigenvalue weighted by Gasteiger charge is -2.12. The van der Waals surface area contributed by atoms with Gasteiger partial charge in [0.1, 0.15) is 22.3 Å². The predicted octanol–water partition coefficient (Wildman–Crippen LogP) is 4.37. The van der Waals surface area contributed by atoms with Crippen molar-refractivity contribution in [1.82, 2.24) is 39.0 Å². The molecule has 5 heterocycles. The fourth-order valence-electron chi connectivity index (χ4n) is 4.98. The molecule has 0 saturated heterocycles. The van der Waals surface area contributed by atoms with Crippen LogP contribution in [-0.2, 0) is 23.8 Å². The lowest BCUT2D eigenvalue weighted by Crippen LogP contribution is -2.12. The Balaban J connectivity index is 0.000000233. The molecule has 41 heavy (non-hydrogen) atoms. The number of fused-ring (bicyclic) bond motifs is 2. The maximum absolute atomic E-state index is 11.2. The number of aryl methyl sites for hydroxylation is 3. The van der Waals surface area contributed by atoms with Crippen LogP contribution in [0.3, 0.4) is 0 Å². The normalized spacial score (nSPS) is 13.0. The summed E-state index contributed by atoms with van der Waals surface area (Å²) >= 11 is 0. The largest absolute Gasteiger partial charge is 0.383 e. The first-order valence-corrected chi connectivity index (χ1v) is 14.4. The second-order valence-electron chi connectivity index (χ2n) is 9.54. The molecule has 1 aliphatic rings. The van der Waals surface area contributed by atoms with Gasteiger partial charge in [0, 0.05) is 30.5 Å². The summed E-state index contributed by atoms with van der Waals surface area (Å²) in [5.74, 6) is 1.92. The SMILES string of the molecule is CNS(=O)c1cccnc1C.Nc1ncccc1-c1nc2ccc(-n3cccn3)nc2n1-c1ccc2c(c1)CCC2. The second kappa shape index (κ2) is 11.4. The molecule has 0 radical (unpaired) electrons. The lowest BCUT2D eigenvalue weighted by molar-refractivity contribution is 0.677. The third kappa shape index (κ3) is 5.24. The molecule has 0 aliphatic heterocycles. The fourth-order valence-corrected chi connectivity index (χ4v) is 5.73. The molecular formula is C30H29N9OS. The van der Waals surface area contributed by atoms with Gasteiger partial charge in [-0.1, -0.05) is 6.07 Å². The van der Waals surface area contributed by atoms with Gasteiger partial charge < -0.3 is 5.73 Å². The summed E-state index contributed by atoms with van der Waals surface area (Å²) < 4.78 is 17.7. The van der Waals surface area contributed by atoms with E-state index in [1.165, 1.54) is 17.5 Å². The van der Waals surface area contributed by atoms with Crippen molar-refractivity contribution in [3.63, 3.8) is 0 Å². The van der Waals surface area contributed by atoms with Crippen molar-refractivity contribution in [1.29, 1.82) is 0 Å². The van der Waals surface area contributed by atoms with E-state index in [0.717, 1.165) is 57.5 Å². The monoisotopic (exact) mass is 563 g/mol. The Kier molecular flexibility index (Phi) is 7.36. The van der Waals surface area contributed by atoms with E-state index in [2.05, 4.69) is 42.6 Å². The molecular weight excluding hydrogens is 534 g/mol. The quantitative estimate of drug-likeness (QED) is 0.319. The molecule has 0 fully saturated rings. The van der Waals surface area contributed by atoms with Crippen LogP contribution in [0.4, 0.5) is 5.82 Å². The van der Waals surface area contributed by atoms with Gasteiger partial charge in [-0.25, -0.2) is 28.6 Å². The Bertz CT molecular complexity index is 1860. The first-order valence-electron chi connectivity index (χ1n) is 13.3. The number of imidazole rings is 1. The average molecular weight is 564 g/mol. The summed E-state index contributed by atoms with van der Waals surface area (Å²) in [6, 6.07) is 19.8. The highest BCUT2D eigenvalue weighted by Gasteiger charge is 2.20. The third-order valence-electron chi connectivity index (χ3n) is 6.99. The van der Waals surface area contributed by atoms with Crippen molar-refractivity contribution in [3.8, 4) is 22.9 Å². The van der Waals surface area contributed by atoms with E-state index in [0.29, 0.717) is 5.82 Å². The van der Waals surface area contributed by atoms with Crippen LogP contribution in [0.5, 0.6) is 0 Å². The minimum absolute atomic E-state index is 0.447. The minimum atomic E-state index is -1.11. The van der Waals surface area contributed by atoms with Crippen molar-refractivity contribution >= 4 is 28.0 Å². The molecule has 1 aromatic carbocycles. The van der Waals surface area contributed by atoms with Gasteiger partial charge in [-0.05, 0) is 99.0 Å². The van der Waals surface area contributed by atoms with E-state index in [4.69, 9.17) is 15.7 Å². The van der Waals surface area contributed by atoms with Crippen LogP contribution in [0.25, 0.3) is 34.1 Å². The number of benzene rings is 1. The number of hydrogen-bond acceptors (Lipinski definition) is 7. The zero-order valence-corrected chi connectivity index (χ0v) is 23.5. The van der Waals surface area contributed by atoms with Crippen LogP contribution in [0.1, 0.15) is 23.2 Å². The number of nitrogen functional groups attached to an aromatic ring is 1. The predicted molar refractivity (Wildman–Crippen MR) is 160 cm³/mol. The second-order valence-corrected chi connectivity index (χ2v) is 10.9. The summed E-state index contributed by atoms with van der Waals surface area (Å²) in [4.78, 5) is 18.8. The van der Waals surface area contributed by atoms with Gasteiger partial charge in [-0.2, -0.15) is 5.10 Å². The van der Waals surface area contributed by atoms with E-state index >= 15 is 0 Å². The number of rotatable bonds is 5. The molecule has 1 aliphatic carbocycles. The third-order valence-corrected chi connectivity index (χ3v) is 8.19. The number of nitrogens with zero attached hydrogens (tertiary/aromatic N) is 7. The van der Waals surface area contributed by atoms with Gasteiger partial charge in [-0.3, -0.25) is 9.55 Å². The van der Waals surface area contributed by atoms with Gasteiger partial charge in [0.2, 0.25) is 0 Å². The highest BCUT2D eigenvalue weighted by molar-refractivity contribution is 7.83. The van der Waals surface area contributed by atoms with Crippen molar-refractivity contribution in [2.45, 2.75) is 31.1 Å². The molecule has 206 valence electrons. The molecule has 0 saturated carbocycles. The fraction of sp³-hybridized carbons (Fsp3) is 0.167. The van der Waals surface area contributed by atoms with Crippen molar-refractivity contribution in [3.05, 3.63) is 102 Å². The lowest BCUT2D eigenvalue weighted by atomic mass is 10.1. The number of aromatic nitrogens is 7. The summed E-state index contributed by atoms with van der Waals surface area (Å²) in [5.41, 5.74) is 13.2. The number of anilines is 1. The zero-order chi connectivity index (χ0) is 28.3. The minimum Gasteiger partial charge on any atom is -0.383 e. The highest BCUT2D eigenvalue weighted by Crippen LogP contribution is 2.32. The standard InChI is InChI=1S/C23H19N7.C7H10N2OS/c24-21-18(6-2-11-25-21)22-27-19-9-10-20(29-13-3-12-26-29)28-23(19)30(22)17-8-7-15-4-1-5-16(15)14-17;1-6-7(11(10)8-2)4-3-5-9-6/h2-3,6-14H,1,4-5H2,(H2,24,25);3-5,8H,1-2H3. The number of pyridine rings is 3.